The highest BCUT2D eigenvalue weighted by Crippen LogP contribution is 2.41. The molecule has 2 aliphatic heterocycles. The van der Waals surface area contributed by atoms with Gasteiger partial charge in [0.15, 0.2) is 5.79 Å². The molecule has 114 valence electrons. The second kappa shape index (κ2) is 5.98. The van der Waals surface area contributed by atoms with Gasteiger partial charge in [-0.05, 0) is 33.6 Å². The van der Waals surface area contributed by atoms with Crippen molar-refractivity contribution in [3.05, 3.63) is 24.8 Å². The Morgan fingerprint density at radius 2 is 2.05 bits per heavy atom. The summed E-state index contributed by atoms with van der Waals surface area (Å²) in [4.78, 5) is 0. The molecule has 2 saturated heterocycles. The molecule has 0 aromatic heterocycles. The predicted octanol–water partition coefficient (Wildman–Crippen LogP) is 2.42. The molecule has 0 radical (unpaired) electrons. The number of ether oxygens (including phenoxy) is 3. The van der Waals surface area contributed by atoms with Crippen LogP contribution in [0.5, 0.6) is 0 Å². The summed E-state index contributed by atoms with van der Waals surface area (Å²) >= 11 is 0. The largest absolute Gasteiger partial charge is 0.390 e. The molecule has 0 aromatic carbocycles. The number of hydrogen-bond donors (Lipinski definition) is 1. The zero-order valence-electron chi connectivity index (χ0n) is 12.7. The monoisotopic (exact) mass is 282 g/mol. The predicted molar refractivity (Wildman–Crippen MR) is 77.3 cm³/mol. The van der Waals surface area contributed by atoms with Crippen molar-refractivity contribution in [3.63, 3.8) is 0 Å². The van der Waals surface area contributed by atoms with Crippen LogP contribution < -0.4 is 0 Å². The Hall–Kier alpha value is -0.680. The number of allylic oxidation sites excluding steroid dienone is 1. The van der Waals surface area contributed by atoms with Gasteiger partial charge in [0.2, 0.25) is 0 Å². The molecule has 4 heteroatoms. The molecule has 0 saturated carbocycles. The molecule has 0 aromatic rings. The van der Waals surface area contributed by atoms with E-state index in [1.54, 1.807) is 6.08 Å². The van der Waals surface area contributed by atoms with Crippen molar-refractivity contribution >= 4 is 0 Å². The summed E-state index contributed by atoms with van der Waals surface area (Å²) in [6.45, 7) is 14.0. The van der Waals surface area contributed by atoms with Gasteiger partial charge in [-0.3, -0.25) is 0 Å². The van der Waals surface area contributed by atoms with Gasteiger partial charge < -0.3 is 19.3 Å². The van der Waals surface area contributed by atoms with E-state index in [2.05, 4.69) is 13.2 Å². The zero-order chi connectivity index (χ0) is 14.9. The minimum Gasteiger partial charge on any atom is -0.390 e. The van der Waals surface area contributed by atoms with E-state index in [1.165, 1.54) is 0 Å². The highest BCUT2D eigenvalue weighted by atomic mass is 16.8. The van der Waals surface area contributed by atoms with Crippen LogP contribution in [0.25, 0.3) is 0 Å². The third-order valence-corrected chi connectivity index (χ3v) is 4.03. The summed E-state index contributed by atoms with van der Waals surface area (Å²) in [6.07, 6.45) is 1.92. The average molecular weight is 282 g/mol. The summed E-state index contributed by atoms with van der Waals surface area (Å²) in [6, 6.07) is 0. The minimum absolute atomic E-state index is 0.0976. The Bertz CT molecular complexity index is 377. The van der Waals surface area contributed by atoms with Crippen LogP contribution in [-0.4, -0.2) is 41.9 Å². The normalized spacial score (nSPS) is 37.2. The van der Waals surface area contributed by atoms with E-state index >= 15 is 0 Å². The lowest BCUT2D eigenvalue weighted by Crippen LogP contribution is -2.53. The van der Waals surface area contributed by atoms with Gasteiger partial charge in [-0.25, -0.2) is 0 Å². The van der Waals surface area contributed by atoms with Crippen molar-refractivity contribution in [2.45, 2.75) is 63.8 Å². The third-order valence-electron chi connectivity index (χ3n) is 4.03. The second-order valence-electron chi connectivity index (χ2n) is 6.25. The van der Waals surface area contributed by atoms with E-state index in [9.17, 15) is 5.11 Å². The summed E-state index contributed by atoms with van der Waals surface area (Å²) in [5.41, 5.74) is 1.03. The highest BCUT2D eigenvalue weighted by Gasteiger charge is 2.53. The molecular formula is C16H26O4. The van der Waals surface area contributed by atoms with Gasteiger partial charge in [0.1, 0.15) is 12.2 Å². The first-order chi connectivity index (χ1) is 9.35. The maximum Gasteiger partial charge on any atom is 0.163 e. The fourth-order valence-electron chi connectivity index (χ4n) is 2.99. The molecule has 20 heavy (non-hydrogen) atoms. The van der Waals surface area contributed by atoms with E-state index < -0.39 is 11.9 Å². The van der Waals surface area contributed by atoms with Crippen LogP contribution in [-0.2, 0) is 14.2 Å². The van der Waals surface area contributed by atoms with Crippen LogP contribution in [0.4, 0.5) is 0 Å². The van der Waals surface area contributed by atoms with Gasteiger partial charge in [-0.15, -0.1) is 6.58 Å². The molecular weight excluding hydrogens is 256 g/mol. The first-order valence-electron chi connectivity index (χ1n) is 7.27. The molecule has 0 aliphatic carbocycles. The van der Waals surface area contributed by atoms with Crippen molar-refractivity contribution in [1.29, 1.82) is 0 Å². The van der Waals surface area contributed by atoms with Gasteiger partial charge in [-0.2, -0.15) is 0 Å². The van der Waals surface area contributed by atoms with E-state index in [-0.39, 0.29) is 24.2 Å². The van der Waals surface area contributed by atoms with Gasteiger partial charge in [0.25, 0.3) is 0 Å². The highest BCUT2D eigenvalue weighted by molar-refractivity contribution is 5.08. The van der Waals surface area contributed by atoms with Crippen LogP contribution in [0.1, 0.15) is 33.6 Å². The molecule has 1 N–H and O–H groups in total. The van der Waals surface area contributed by atoms with Gasteiger partial charge in [0.05, 0.1) is 18.8 Å². The van der Waals surface area contributed by atoms with Gasteiger partial charge >= 0.3 is 0 Å². The van der Waals surface area contributed by atoms with Crippen LogP contribution in [0.15, 0.2) is 24.8 Å². The Morgan fingerprint density at radius 3 is 2.65 bits per heavy atom. The molecule has 0 spiro atoms. The Balaban J connectivity index is 2.14. The lowest BCUT2D eigenvalue weighted by Gasteiger charge is -2.39. The summed E-state index contributed by atoms with van der Waals surface area (Å²) in [5, 5.41) is 10.3. The standard InChI is InChI=1S/C16H26O4/c1-6-7-8-12(17)14-15-13(19-16(4,5)20-15)11(9-18-14)10(2)3/h6,11-15,17H,1-2,7-9H2,3-5H3/t11-,12-,13-,14-,15-/m0/s1. The van der Waals surface area contributed by atoms with Crippen LogP contribution >= 0.6 is 0 Å². The maximum absolute atomic E-state index is 10.3. The molecule has 0 amide bonds. The molecule has 0 unspecified atom stereocenters. The lowest BCUT2D eigenvalue weighted by molar-refractivity contribution is -0.169. The topological polar surface area (TPSA) is 47.9 Å². The van der Waals surface area contributed by atoms with E-state index in [0.717, 1.165) is 12.0 Å². The Morgan fingerprint density at radius 1 is 1.40 bits per heavy atom. The number of aliphatic hydroxyl groups excluding tert-OH is 1. The first kappa shape index (κ1) is 15.7. The quantitative estimate of drug-likeness (QED) is 0.787. The zero-order valence-corrected chi connectivity index (χ0v) is 12.7. The van der Waals surface area contributed by atoms with Crippen molar-refractivity contribution in [2.24, 2.45) is 5.92 Å². The van der Waals surface area contributed by atoms with Crippen LogP contribution in [0, 0.1) is 5.92 Å². The number of fused-ring (bicyclic) bond motifs is 1. The van der Waals surface area contributed by atoms with Crippen molar-refractivity contribution in [3.8, 4) is 0 Å². The van der Waals surface area contributed by atoms with Crippen molar-refractivity contribution in [2.75, 3.05) is 6.61 Å². The SMILES string of the molecule is C=CCC[C@H](O)[C@@H]1OC[C@@H](C(=C)C)[C@@H]2OC(C)(C)O[C@H]12. The van der Waals surface area contributed by atoms with E-state index in [4.69, 9.17) is 14.2 Å². The second-order valence-corrected chi connectivity index (χ2v) is 6.25. The number of rotatable bonds is 5. The Labute approximate surface area is 121 Å². The third kappa shape index (κ3) is 3.14. The molecule has 2 aliphatic rings. The lowest BCUT2D eigenvalue weighted by atomic mass is 9.85. The summed E-state index contributed by atoms with van der Waals surface area (Å²) < 4.78 is 17.9. The van der Waals surface area contributed by atoms with Crippen molar-refractivity contribution in [1.82, 2.24) is 0 Å². The van der Waals surface area contributed by atoms with Crippen LogP contribution in [0.2, 0.25) is 0 Å². The number of hydrogen-bond acceptors (Lipinski definition) is 4. The maximum atomic E-state index is 10.3. The summed E-state index contributed by atoms with van der Waals surface area (Å²) in [5.74, 6) is -0.530. The van der Waals surface area contributed by atoms with E-state index in [0.29, 0.717) is 13.0 Å². The first-order valence-corrected chi connectivity index (χ1v) is 7.27. The average Bonchev–Trinajstić information content (AvgIpc) is 2.68. The molecule has 4 nitrogen and oxygen atoms in total. The molecule has 0 bridgehead atoms. The fraction of sp³-hybridized carbons (Fsp3) is 0.750. The Kier molecular flexibility index (Phi) is 4.69. The molecule has 2 heterocycles. The van der Waals surface area contributed by atoms with Crippen LogP contribution in [0.3, 0.4) is 0 Å². The molecule has 2 rings (SSSR count). The molecule has 5 atom stereocenters. The van der Waals surface area contributed by atoms with Gasteiger partial charge in [0, 0.05) is 5.92 Å². The molecule has 2 fully saturated rings. The number of aliphatic hydroxyl groups is 1. The van der Waals surface area contributed by atoms with E-state index in [1.807, 2.05) is 20.8 Å². The van der Waals surface area contributed by atoms with Crippen molar-refractivity contribution < 1.29 is 19.3 Å². The van der Waals surface area contributed by atoms with Gasteiger partial charge in [-0.1, -0.05) is 18.2 Å². The minimum atomic E-state index is -0.646. The summed E-state index contributed by atoms with van der Waals surface area (Å²) in [7, 11) is 0. The smallest absolute Gasteiger partial charge is 0.163 e. The fourth-order valence-corrected chi connectivity index (χ4v) is 2.99.